The number of hydrogen-bond acceptors (Lipinski definition) is 1. The van der Waals surface area contributed by atoms with E-state index < -0.39 is 0 Å². The second-order valence-corrected chi connectivity index (χ2v) is 6.47. The highest BCUT2D eigenvalue weighted by Gasteiger charge is 2.29. The molecule has 0 spiro atoms. The van der Waals surface area contributed by atoms with Crippen molar-refractivity contribution in [1.82, 2.24) is 4.57 Å². The minimum absolute atomic E-state index is 0.531. The zero-order valence-corrected chi connectivity index (χ0v) is 12.9. The fraction of sp³-hybridized carbons (Fsp3) is 0.556. The molecule has 2 N–H and O–H groups in total. The van der Waals surface area contributed by atoms with Gasteiger partial charge in [-0.2, -0.15) is 0 Å². The molecule has 0 amide bonds. The molecule has 1 saturated carbocycles. The second-order valence-electron chi connectivity index (χ2n) is 6.47. The number of fused-ring (bicyclic) bond motifs is 1. The van der Waals surface area contributed by atoms with Gasteiger partial charge in [0.05, 0.1) is 0 Å². The van der Waals surface area contributed by atoms with Gasteiger partial charge in [0.15, 0.2) is 0 Å². The lowest BCUT2D eigenvalue weighted by Crippen LogP contribution is -2.20. The molecule has 3 rings (SSSR count). The van der Waals surface area contributed by atoms with E-state index in [4.69, 9.17) is 5.73 Å². The van der Waals surface area contributed by atoms with Crippen LogP contribution in [-0.2, 0) is 7.05 Å². The highest BCUT2D eigenvalue weighted by molar-refractivity contribution is 5.86. The Morgan fingerprint density at radius 1 is 1.25 bits per heavy atom. The van der Waals surface area contributed by atoms with Crippen molar-refractivity contribution in [2.45, 2.75) is 45.4 Å². The molecule has 108 valence electrons. The maximum Gasteiger partial charge on any atom is 0.0485 e. The molecule has 2 aromatic rings. The first-order chi connectivity index (χ1) is 9.63. The largest absolute Gasteiger partial charge is 0.348 e. The first-order valence-corrected chi connectivity index (χ1v) is 7.89. The lowest BCUT2D eigenvalue weighted by molar-refractivity contribution is 0.440. The number of rotatable bonds is 3. The number of nitrogens with zero attached hydrogens (tertiary/aromatic N) is 1. The standard InChI is InChI=1S/C18H26N2/c1-12-8-9-15-17(10-12)20(3)13(2)18(15)16(11-19)14-6-4-5-7-14/h8-10,14,16H,4-7,11,19H2,1-3H3. The molecule has 1 atom stereocenters. The number of benzene rings is 1. The van der Waals surface area contributed by atoms with Crippen molar-refractivity contribution in [3.63, 3.8) is 0 Å². The van der Waals surface area contributed by atoms with E-state index in [0.29, 0.717) is 5.92 Å². The van der Waals surface area contributed by atoms with Gasteiger partial charge in [-0.3, -0.25) is 0 Å². The van der Waals surface area contributed by atoms with Crippen molar-refractivity contribution < 1.29 is 0 Å². The average molecular weight is 270 g/mol. The molecule has 0 bridgehead atoms. The summed E-state index contributed by atoms with van der Waals surface area (Å²) in [6.07, 6.45) is 5.46. The summed E-state index contributed by atoms with van der Waals surface area (Å²) in [5.41, 5.74) is 11.8. The van der Waals surface area contributed by atoms with Crippen molar-refractivity contribution in [1.29, 1.82) is 0 Å². The third-order valence-electron chi connectivity index (χ3n) is 5.29. The normalized spacial score (nSPS) is 18.0. The van der Waals surface area contributed by atoms with Crippen LogP contribution in [0.2, 0.25) is 0 Å². The highest BCUT2D eigenvalue weighted by atomic mass is 14.9. The van der Waals surface area contributed by atoms with E-state index in [9.17, 15) is 0 Å². The molecule has 1 heterocycles. The van der Waals surface area contributed by atoms with Crippen molar-refractivity contribution in [3.8, 4) is 0 Å². The van der Waals surface area contributed by atoms with Crippen LogP contribution in [0.1, 0.15) is 48.4 Å². The molecule has 2 nitrogen and oxygen atoms in total. The first-order valence-electron chi connectivity index (χ1n) is 7.89. The fourth-order valence-electron chi connectivity index (χ4n) is 4.08. The second kappa shape index (κ2) is 5.25. The zero-order valence-electron chi connectivity index (χ0n) is 12.9. The Hall–Kier alpha value is -1.28. The quantitative estimate of drug-likeness (QED) is 0.897. The molecule has 1 unspecified atom stereocenters. The van der Waals surface area contributed by atoms with Gasteiger partial charge in [0, 0.05) is 29.6 Å². The maximum absolute atomic E-state index is 6.17. The molecular formula is C18H26N2. The van der Waals surface area contributed by atoms with Crippen LogP contribution < -0.4 is 5.73 Å². The molecule has 0 saturated heterocycles. The summed E-state index contributed by atoms with van der Waals surface area (Å²) in [4.78, 5) is 0. The summed E-state index contributed by atoms with van der Waals surface area (Å²) in [5, 5.41) is 1.41. The van der Waals surface area contributed by atoms with E-state index >= 15 is 0 Å². The van der Waals surface area contributed by atoms with Crippen LogP contribution in [0.15, 0.2) is 18.2 Å². The number of aryl methyl sites for hydroxylation is 2. The van der Waals surface area contributed by atoms with Crippen molar-refractivity contribution in [2.24, 2.45) is 18.7 Å². The van der Waals surface area contributed by atoms with Crippen LogP contribution in [0.4, 0.5) is 0 Å². The van der Waals surface area contributed by atoms with Crippen molar-refractivity contribution in [2.75, 3.05) is 6.54 Å². The van der Waals surface area contributed by atoms with Gasteiger partial charge in [-0.25, -0.2) is 0 Å². The van der Waals surface area contributed by atoms with E-state index in [-0.39, 0.29) is 0 Å². The summed E-state index contributed by atoms with van der Waals surface area (Å²) >= 11 is 0. The van der Waals surface area contributed by atoms with Crippen molar-refractivity contribution in [3.05, 3.63) is 35.0 Å². The third-order valence-corrected chi connectivity index (χ3v) is 5.29. The molecule has 1 aliphatic carbocycles. The van der Waals surface area contributed by atoms with E-state index in [0.717, 1.165) is 12.5 Å². The molecule has 1 aromatic carbocycles. The molecule has 1 fully saturated rings. The van der Waals surface area contributed by atoms with E-state index in [1.54, 1.807) is 0 Å². The molecule has 1 aliphatic rings. The zero-order chi connectivity index (χ0) is 14.3. The Bertz CT molecular complexity index is 618. The lowest BCUT2D eigenvalue weighted by Gasteiger charge is -2.23. The van der Waals surface area contributed by atoms with Gasteiger partial charge in [-0.15, -0.1) is 0 Å². The van der Waals surface area contributed by atoms with Crippen LogP contribution in [-0.4, -0.2) is 11.1 Å². The van der Waals surface area contributed by atoms with E-state index in [1.807, 2.05) is 0 Å². The van der Waals surface area contributed by atoms with Gasteiger partial charge < -0.3 is 10.3 Å². The third kappa shape index (κ3) is 2.07. The Labute approximate surface area is 122 Å². The highest BCUT2D eigenvalue weighted by Crippen LogP contribution is 2.41. The van der Waals surface area contributed by atoms with Gasteiger partial charge in [0.1, 0.15) is 0 Å². The molecule has 1 aromatic heterocycles. The van der Waals surface area contributed by atoms with Crippen LogP contribution >= 0.6 is 0 Å². The Balaban J connectivity index is 2.16. The van der Waals surface area contributed by atoms with E-state index in [2.05, 4.69) is 43.7 Å². The molecule has 2 heteroatoms. The Morgan fingerprint density at radius 3 is 2.60 bits per heavy atom. The average Bonchev–Trinajstić information content (AvgIpc) is 3.04. The summed E-state index contributed by atoms with van der Waals surface area (Å²) in [6.45, 7) is 5.19. The summed E-state index contributed by atoms with van der Waals surface area (Å²) in [6, 6.07) is 6.83. The monoisotopic (exact) mass is 270 g/mol. The summed E-state index contributed by atoms with van der Waals surface area (Å²) < 4.78 is 2.34. The molecule has 20 heavy (non-hydrogen) atoms. The van der Waals surface area contributed by atoms with Crippen LogP contribution in [0.5, 0.6) is 0 Å². The van der Waals surface area contributed by atoms with Gasteiger partial charge >= 0.3 is 0 Å². The number of aromatic nitrogens is 1. The van der Waals surface area contributed by atoms with Crippen LogP contribution in [0.25, 0.3) is 10.9 Å². The fourth-order valence-corrected chi connectivity index (χ4v) is 4.08. The van der Waals surface area contributed by atoms with Gasteiger partial charge in [0.25, 0.3) is 0 Å². The number of hydrogen-bond donors (Lipinski definition) is 1. The Kier molecular flexibility index (Phi) is 3.59. The van der Waals surface area contributed by atoms with Gasteiger partial charge in [0.2, 0.25) is 0 Å². The number of nitrogens with two attached hydrogens (primary N) is 1. The lowest BCUT2D eigenvalue weighted by atomic mass is 9.83. The first kappa shape index (κ1) is 13.7. The minimum atomic E-state index is 0.531. The van der Waals surface area contributed by atoms with E-state index in [1.165, 1.54) is 53.4 Å². The van der Waals surface area contributed by atoms with Crippen LogP contribution in [0, 0.1) is 19.8 Å². The smallest absolute Gasteiger partial charge is 0.0485 e. The molecule has 0 aliphatic heterocycles. The SMILES string of the molecule is Cc1ccc2c(C(CN)C3CCCC3)c(C)n(C)c2c1. The predicted octanol–water partition coefficient (Wildman–Crippen LogP) is 4.03. The topological polar surface area (TPSA) is 30.9 Å². The van der Waals surface area contributed by atoms with Gasteiger partial charge in [-0.1, -0.05) is 25.0 Å². The Morgan fingerprint density at radius 2 is 1.95 bits per heavy atom. The predicted molar refractivity (Wildman–Crippen MR) is 86.1 cm³/mol. The minimum Gasteiger partial charge on any atom is -0.348 e. The summed E-state index contributed by atoms with van der Waals surface area (Å²) in [5.74, 6) is 1.31. The molecular weight excluding hydrogens is 244 g/mol. The van der Waals surface area contributed by atoms with Crippen molar-refractivity contribution >= 4 is 10.9 Å². The summed E-state index contributed by atoms with van der Waals surface area (Å²) in [7, 11) is 2.18. The maximum atomic E-state index is 6.17. The van der Waals surface area contributed by atoms with Gasteiger partial charge in [-0.05, 0) is 56.3 Å². The van der Waals surface area contributed by atoms with Crippen LogP contribution in [0.3, 0.4) is 0 Å². The molecule has 0 radical (unpaired) electrons.